The van der Waals surface area contributed by atoms with Crippen LogP contribution in [-0.4, -0.2) is 38.8 Å². The molecule has 0 saturated carbocycles. The molecule has 2 aliphatic heterocycles. The fraction of sp³-hybridized carbons (Fsp3) is 0.500. The normalized spacial score (nSPS) is 29.9. The second-order valence-electron chi connectivity index (χ2n) is 4.04. The van der Waals surface area contributed by atoms with E-state index in [9.17, 15) is 0 Å². The van der Waals surface area contributed by atoms with Crippen LogP contribution < -0.4 is 10.2 Å². The van der Waals surface area contributed by atoms with Crippen molar-refractivity contribution in [1.82, 2.24) is 5.32 Å². The third kappa shape index (κ3) is 1.80. The minimum atomic E-state index is 0.00251. The fourth-order valence-corrected chi connectivity index (χ4v) is 2.28. The molecule has 4 nitrogen and oxygen atoms in total. The Morgan fingerprint density at radius 1 is 1.12 bits per heavy atom. The Bertz CT molecular complexity index is 342. The van der Waals surface area contributed by atoms with Gasteiger partial charge in [-0.1, -0.05) is 18.2 Å². The summed E-state index contributed by atoms with van der Waals surface area (Å²) in [7, 11) is 0. The van der Waals surface area contributed by atoms with Gasteiger partial charge in [0.2, 0.25) is 0 Å². The van der Waals surface area contributed by atoms with E-state index in [0.717, 1.165) is 13.1 Å². The molecule has 1 N–H and O–H groups in total. The van der Waals surface area contributed by atoms with E-state index in [2.05, 4.69) is 34.5 Å². The number of ether oxygens (including phenoxy) is 2. The molecule has 2 heterocycles. The molecule has 0 bridgehead atoms. The van der Waals surface area contributed by atoms with Gasteiger partial charge < -0.3 is 14.4 Å². The molecule has 16 heavy (non-hydrogen) atoms. The quantitative estimate of drug-likeness (QED) is 0.759. The van der Waals surface area contributed by atoms with Gasteiger partial charge in [0.25, 0.3) is 0 Å². The lowest BCUT2D eigenvalue weighted by molar-refractivity contribution is -0.158. The summed E-state index contributed by atoms with van der Waals surface area (Å²) < 4.78 is 11.4. The number of rotatable bonds is 1. The molecule has 2 fully saturated rings. The minimum Gasteiger partial charge on any atom is -0.356 e. The first-order valence-corrected chi connectivity index (χ1v) is 5.73. The average molecular weight is 220 g/mol. The molecule has 2 saturated heterocycles. The Morgan fingerprint density at radius 2 is 1.94 bits per heavy atom. The lowest BCUT2D eigenvalue weighted by Crippen LogP contribution is -2.62. The number of benzene rings is 1. The summed E-state index contributed by atoms with van der Waals surface area (Å²) in [5, 5.41) is 3.33. The highest BCUT2D eigenvalue weighted by atomic mass is 16.6. The van der Waals surface area contributed by atoms with Crippen LogP contribution in [0.25, 0.3) is 0 Å². The Balaban J connectivity index is 1.83. The maximum Gasteiger partial charge on any atom is 0.170 e. The molecule has 0 aliphatic carbocycles. The standard InChI is InChI=1S/C12H16N2O2/c1-2-4-10(5-3-1)14-7-6-13-11-12(14)16-9-8-15-11/h1-5,11-13H,6-9H2. The van der Waals surface area contributed by atoms with Crippen LogP contribution in [0.15, 0.2) is 30.3 Å². The summed E-state index contributed by atoms with van der Waals surface area (Å²) in [5.41, 5.74) is 1.20. The van der Waals surface area contributed by atoms with Crippen molar-refractivity contribution in [1.29, 1.82) is 0 Å². The van der Waals surface area contributed by atoms with E-state index >= 15 is 0 Å². The van der Waals surface area contributed by atoms with Crippen molar-refractivity contribution in [2.24, 2.45) is 0 Å². The van der Waals surface area contributed by atoms with E-state index in [0.29, 0.717) is 13.2 Å². The molecule has 0 radical (unpaired) electrons. The van der Waals surface area contributed by atoms with Crippen molar-refractivity contribution in [3.8, 4) is 0 Å². The Hall–Kier alpha value is -1.10. The van der Waals surface area contributed by atoms with Crippen molar-refractivity contribution >= 4 is 5.69 Å². The summed E-state index contributed by atoms with van der Waals surface area (Å²) in [6.45, 7) is 3.23. The predicted molar refractivity (Wildman–Crippen MR) is 61.3 cm³/mol. The zero-order chi connectivity index (χ0) is 10.8. The second kappa shape index (κ2) is 4.41. The molecule has 2 unspecified atom stereocenters. The molecule has 0 aromatic heterocycles. The molecule has 2 aliphatic rings. The number of anilines is 1. The molecule has 2 atom stereocenters. The summed E-state index contributed by atoms with van der Waals surface area (Å²) in [6, 6.07) is 10.4. The Kier molecular flexibility index (Phi) is 2.78. The highest BCUT2D eigenvalue weighted by Gasteiger charge is 2.35. The van der Waals surface area contributed by atoms with Gasteiger partial charge in [0.1, 0.15) is 0 Å². The van der Waals surface area contributed by atoms with Crippen LogP contribution in [0.5, 0.6) is 0 Å². The van der Waals surface area contributed by atoms with E-state index in [1.165, 1.54) is 5.69 Å². The van der Waals surface area contributed by atoms with Crippen molar-refractivity contribution in [2.75, 3.05) is 31.2 Å². The largest absolute Gasteiger partial charge is 0.356 e. The van der Waals surface area contributed by atoms with E-state index in [-0.39, 0.29) is 12.5 Å². The summed E-state index contributed by atoms with van der Waals surface area (Å²) in [6.07, 6.45) is 0.00704. The van der Waals surface area contributed by atoms with Crippen LogP contribution in [0.3, 0.4) is 0 Å². The smallest absolute Gasteiger partial charge is 0.170 e. The van der Waals surface area contributed by atoms with Gasteiger partial charge in [-0.3, -0.25) is 5.32 Å². The number of para-hydroxylation sites is 1. The maximum atomic E-state index is 5.79. The molecule has 1 aromatic rings. The summed E-state index contributed by atoms with van der Waals surface area (Å²) >= 11 is 0. The van der Waals surface area contributed by atoms with Crippen LogP contribution in [0, 0.1) is 0 Å². The molecular weight excluding hydrogens is 204 g/mol. The van der Waals surface area contributed by atoms with Crippen molar-refractivity contribution in [2.45, 2.75) is 12.5 Å². The average Bonchev–Trinajstić information content (AvgIpc) is 2.39. The van der Waals surface area contributed by atoms with Gasteiger partial charge in [-0.05, 0) is 12.1 Å². The van der Waals surface area contributed by atoms with Crippen LogP contribution >= 0.6 is 0 Å². The minimum absolute atomic E-state index is 0.00251. The van der Waals surface area contributed by atoms with Gasteiger partial charge in [0, 0.05) is 18.8 Å². The van der Waals surface area contributed by atoms with Gasteiger partial charge >= 0.3 is 0 Å². The molecule has 1 aromatic carbocycles. The zero-order valence-corrected chi connectivity index (χ0v) is 9.13. The number of nitrogens with zero attached hydrogens (tertiary/aromatic N) is 1. The third-order valence-corrected chi connectivity index (χ3v) is 3.02. The number of hydrogen-bond acceptors (Lipinski definition) is 4. The summed E-state index contributed by atoms with van der Waals surface area (Å²) in [4.78, 5) is 2.26. The van der Waals surface area contributed by atoms with Crippen LogP contribution in [0.1, 0.15) is 0 Å². The van der Waals surface area contributed by atoms with E-state index < -0.39 is 0 Å². The molecule has 86 valence electrons. The van der Waals surface area contributed by atoms with Gasteiger partial charge in [0.15, 0.2) is 12.5 Å². The number of piperazine rings is 1. The molecule has 0 spiro atoms. The number of nitrogens with one attached hydrogen (secondary N) is 1. The van der Waals surface area contributed by atoms with Crippen LogP contribution in [0.2, 0.25) is 0 Å². The number of hydrogen-bond donors (Lipinski definition) is 1. The molecule has 4 heteroatoms. The van der Waals surface area contributed by atoms with Crippen LogP contribution in [-0.2, 0) is 9.47 Å². The topological polar surface area (TPSA) is 33.7 Å². The van der Waals surface area contributed by atoms with E-state index in [4.69, 9.17) is 9.47 Å². The predicted octanol–water partition coefficient (Wildman–Crippen LogP) is 0.795. The lowest BCUT2D eigenvalue weighted by atomic mass is 10.2. The van der Waals surface area contributed by atoms with Gasteiger partial charge in [-0.15, -0.1) is 0 Å². The van der Waals surface area contributed by atoms with Crippen molar-refractivity contribution in [3.05, 3.63) is 30.3 Å². The SMILES string of the molecule is c1ccc(N2CCNC3OCCOC32)cc1. The Morgan fingerprint density at radius 3 is 2.81 bits per heavy atom. The first-order valence-electron chi connectivity index (χ1n) is 5.73. The van der Waals surface area contributed by atoms with Crippen LogP contribution in [0.4, 0.5) is 5.69 Å². The molecule has 3 rings (SSSR count). The fourth-order valence-electron chi connectivity index (χ4n) is 2.28. The van der Waals surface area contributed by atoms with Gasteiger partial charge in [0.05, 0.1) is 13.2 Å². The number of fused-ring (bicyclic) bond motifs is 1. The monoisotopic (exact) mass is 220 g/mol. The molecule has 0 amide bonds. The second-order valence-corrected chi connectivity index (χ2v) is 4.04. The van der Waals surface area contributed by atoms with E-state index in [1.54, 1.807) is 0 Å². The highest BCUT2D eigenvalue weighted by Crippen LogP contribution is 2.23. The van der Waals surface area contributed by atoms with E-state index in [1.807, 2.05) is 6.07 Å². The first kappa shape index (κ1) is 10.1. The lowest BCUT2D eigenvalue weighted by Gasteiger charge is -2.44. The summed E-state index contributed by atoms with van der Waals surface area (Å²) in [5.74, 6) is 0. The van der Waals surface area contributed by atoms with Crippen molar-refractivity contribution < 1.29 is 9.47 Å². The first-order chi connectivity index (χ1) is 7.95. The maximum absolute atomic E-state index is 5.79. The third-order valence-electron chi connectivity index (χ3n) is 3.02. The Labute approximate surface area is 95.1 Å². The molecular formula is C12H16N2O2. The zero-order valence-electron chi connectivity index (χ0n) is 9.13. The van der Waals surface area contributed by atoms with Gasteiger partial charge in [-0.25, -0.2) is 0 Å². The van der Waals surface area contributed by atoms with Crippen molar-refractivity contribution in [3.63, 3.8) is 0 Å². The highest BCUT2D eigenvalue weighted by molar-refractivity contribution is 5.47. The van der Waals surface area contributed by atoms with Gasteiger partial charge in [-0.2, -0.15) is 0 Å².